The van der Waals surface area contributed by atoms with Gasteiger partial charge >= 0.3 is 0 Å². The summed E-state index contributed by atoms with van der Waals surface area (Å²) in [5.74, 6) is 0.902. The number of hydrogen-bond acceptors (Lipinski definition) is 4. The SMILES string of the molecule is CCCNC1CC(Oc2ccc(C)nc2CC)C1OC. The molecule has 0 amide bonds. The molecule has 0 spiro atoms. The van der Waals surface area contributed by atoms with Gasteiger partial charge in [-0.15, -0.1) is 0 Å². The van der Waals surface area contributed by atoms with Crippen LogP contribution in [0, 0.1) is 6.92 Å². The van der Waals surface area contributed by atoms with Crippen molar-refractivity contribution in [1.29, 1.82) is 0 Å². The Morgan fingerprint density at radius 1 is 1.35 bits per heavy atom. The molecule has 1 aliphatic rings. The van der Waals surface area contributed by atoms with E-state index in [0.717, 1.165) is 42.9 Å². The predicted molar refractivity (Wildman–Crippen MR) is 80.3 cm³/mol. The molecule has 1 aromatic heterocycles. The molecule has 20 heavy (non-hydrogen) atoms. The first-order valence-electron chi connectivity index (χ1n) is 7.58. The fourth-order valence-corrected chi connectivity index (χ4v) is 2.66. The van der Waals surface area contributed by atoms with Crippen molar-refractivity contribution in [2.75, 3.05) is 13.7 Å². The van der Waals surface area contributed by atoms with E-state index in [1.807, 2.05) is 19.1 Å². The Kier molecular flexibility index (Phi) is 5.38. The standard InChI is InChI=1S/C16H26N2O2/c1-5-9-17-13-10-15(16(13)19-4)20-14-8-7-11(3)18-12(14)6-2/h7-8,13,15-17H,5-6,9-10H2,1-4H3. The number of pyridine rings is 1. The minimum absolute atomic E-state index is 0.129. The highest BCUT2D eigenvalue weighted by molar-refractivity contribution is 5.30. The first kappa shape index (κ1) is 15.3. The van der Waals surface area contributed by atoms with Crippen molar-refractivity contribution in [2.24, 2.45) is 0 Å². The van der Waals surface area contributed by atoms with Gasteiger partial charge < -0.3 is 14.8 Å². The van der Waals surface area contributed by atoms with Gasteiger partial charge in [0.25, 0.3) is 0 Å². The van der Waals surface area contributed by atoms with Crippen molar-refractivity contribution in [1.82, 2.24) is 10.3 Å². The maximum Gasteiger partial charge on any atom is 0.141 e. The van der Waals surface area contributed by atoms with Gasteiger partial charge in [0.1, 0.15) is 18.0 Å². The minimum atomic E-state index is 0.129. The van der Waals surface area contributed by atoms with Crippen molar-refractivity contribution < 1.29 is 9.47 Å². The first-order chi connectivity index (χ1) is 9.69. The van der Waals surface area contributed by atoms with Crippen LogP contribution in [0.4, 0.5) is 0 Å². The van der Waals surface area contributed by atoms with E-state index in [0.29, 0.717) is 6.04 Å². The Morgan fingerprint density at radius 3 is 2.80 bits per heavy atom. The molecule has 112 valence electrons. The van der Waals surface area contributed by atoms with Crippen LogP contribution in [-0.2, 0) is 11.2 Å². The van der Waals surface area contributed by atoms with Gasteiger partial charge in [-0.3, -0.25) is 4.98 Å². The number of ether oxygens (including phenoxy) is 2. The summed E-state index contributed by atoms with van der Waals surface area (Å²) in [5.41, 5.74) is 2.07. The molecule has 4 heteroatoms. The quantitative estimate of drug-likeness (QED) is 0.832. The summed E-state index contributed by atoms with van der Waals surface area (Å²) in [6, 6.07) is 4.44. The lowest BCUT2D eigenvalue weighted by Gasteiger charge is -2.43. The van der Waals surface area contributed by atoms with Gasteiger partial charge in [0.2, 0.25) is 0 Å². The number of nitrogens with one attached hydrogen (secondary N) is 1. The Labute approximate surface area is 121 Å². The average molecular weight is 278 g/mol. The van der Waals surface area contributed by atoms with Crippen LogP contribution in [-0.4, -0.2) is 36.9 Å². The Bertz CT molecular complexity index is 436. The molecule has 1 fully saturated rings. The number of rotatable bonds is 7. The third-order valence-electron chi connectivity index (χ3n) is 3.86. The molecule has 1 aliphatic carbocycles. The summed E-state index contributed by atoms with van der Waals surface area (Å²) < 4.78 is 11.7. The van der Waals surface area contributed by atoms with Crippen LogP contribution < -0.4 is 10.1 Å². The molecule has 0 bridgehead atoms. The van der Waals surface area contributed by atoms with Gasteiger partial charge in [-0.2, -0.15) is 0 Å². The second-order valence-corrected chi connectivity index (χ2v) is 5.40. The zero-order chi connectivity index (χ0) is 14.5. The van der Waals surface area contributed by atoms with Crippen molar-refractivity contribution in [3.63, 3.8) is 0 Å². The summed E-state index contributed by atoms with van der Waals surface area (Å²) in [6.07, 6.45) is 3.28. The van der Waals surface area contributed by atoms with Gasteiger partial charge in [0.15, 0.2) is 0 Å². The van der Waals surface area contributed by atoms with E-state index in [4.69, 9.17) is 9.47 Å². The van der Waals surface area contributed by atoms with Gasteiger partial charge in [0, 0.05) is 25.3 Å². The number of aryl methyl sites for hydroxylation is 2. The van der Waals surface area contributed by atoms with Gasteiger partial charge in [-0.05, 0) is 38.4 Å². The summed E-state index contributed by atoms with van der Waals surface area (Å²) in [4.78, 5) is 4.54. The van der Waals surface area contributed by atoms with E-state index in [-0.39, 0.29) is 12.2 Å². The van der Waals surface area contributed by atoms with Crippen LogP contribution in [0.1, 0.15) is 38.1 Å². The van der Waals surface area contributed by atoms with Gasteiger partial charge in [0.05, 0.1) is 5.69 Å². The molecule has 2 rings (SSSR count). The lowest BCUT2D eigenvalue weighted by atomic mass is 9.85. The van der Waals surface area contributed by atoms with Crippen LogP contribution in [0.2, 0.25) is 0 Å². The summed E-state index contributed by atoms with van der Waals surface area (Å²) in [7, 11) is 1.76. The Hall–Kier alpha value is -1.13. The fourth-order valence-electron chi connectivity index (χ4n) is 2.66. The number of methoxy groups -OCH3 is 1. The summed E-state index contributed by atoms with van der Waals surface area (Å²) >= 11 is 0. The molecule has 0 aromatic carbocycles. The largest absolute Gasteiger partial charge is 0.486 e. The van der Waals surface area contributed by atoms with Crippen molar-refractivity contribution >= 4 is 0 Å². The molecule has 0 saturated heterocycles. The Balaban J connectivity index is 1.97. The topological polar surface area (TPSA) is 43.4 Å². The maximum absolute atomic E-state index is 6.11. The highest BCUT2D eigenvalue weighted by atomic mass is 16.5. The van der Waals surface area contributed by atoms with Gasteiger partial charge in [-0.1, -0.05) is 13.8 Å². The van der Waals surface area contributed by atoms with Crippen LogP contribution >= 0.6 is 0 Å². The molecule has 1 N–H and O–H groups in total. The van der Waals surface area contributed by atoms with Gasteiger partial charge in [-0.25, -0.2) is 0 Å². The zero-order valence-corrected chi connectivity index (χ0v) is 13.0. The first-order valence-corrected chi connectivity index (χ1v) is 7.58. The second kappa shape index (κ2) is 7.04. The number of hydrogen-bond donors (Lipinski definition) is 1. The van der Waals surface area contributed by atoms with E-state index in [1.54, 1.807) is 7.11 Å². The summed E-state index contributed by atoms with van der Waals surface area (Å²) in [5, 5.41) is 3.50. The second-order valence-electron chi connectivity index (χ2n) is 5.40. The molecule has 3 atom stereocenters. The van der Waals surface area contributed by atoms with Crippen LogP contribution in [0.3, 0.4) is 0 Å². The minimum Gasteiger partial charge on any atom is -0.486 e. The van der Waals surface area contributed by atoms with E-state index < -0.39 is 0 Å². The van der Waals surface area contributed by atoms with E-state index in [9.17, 15) is 0 Å². The normalized spacial score (nSPS) is 25.3. The molecular weight excluding hydrogens is 252 g/mol. The zero-order valence-electron chi connectivity index (χ0n) is 13.0. The lowest BCUT2D eigenvalue weighted by Crippen LogP contribution is -2.61. The highest BCUT2D eigenvalue weighted by Gasteiger charge is 2.43. The lowest BCUT2D eigenvalue weighted by molar-refractivity contribution is -0.0891. The van der Waals surface area contributed by atoms with Crippen LogP contribution in [0.5, 0.6) is 5.75 Å². The fraction of sp³-hybridized carbons (Fsp3) is 0.688. The molecule has 0 aliphatic heterocycles. The molecule has 1 saturated carbocycles. The molecule has 4 nitrogen and oxygen atoms in total. The molecule has 3 unspecified atom stereocenters. The number of nitrogens with zero attached hydrogens (tertiary/aromatic N) is 1. The van der Waals surface area contributed by atoms with Crippen molar-refractivity contribution in [3.05, 3.63) is 23.5 Å². The van der Waals surface area contributed by atoms with E-state index in [1.165, 1.54) is 0 Å². The molecule has 1 heterocycles. The third kappa shape index (κ3) is 3.30. The molecular formula is C16H26N2O2. The predicted octanol–water partition coefficient (Wildman–Crippen LogP) is 2.49. The van der Waals surface area contributed by atoms with Crippen molar-refractivity contribution in [2.45, 2.75) is 58.3 Å². The monoisotopic (exact) mass is 278 g/mol. The maximum atomic E-state index is 6.11. The Morgan fingerprint density at radius 2 is 2.15 bits per heavy atom. The van der Waals surface area contributed by atoms with Crippen LogP contribution in [0.25, 0.3) is 0 Å². The number of aromatic nitrogens is 1. The van der Waals surface area contributed by atoms with Crippen LogP contribution in [0.15, 0.2) is 12.1 Å². The highest BCUT2D eigenvalue weighted by Crippen LogP contribution is 2.30. The van der Waals surface area contributed by atoms with Crippen molar-refractivity contribution in [3.8, 4) is 5.75 Å². The smallest absolute Gasteiger partial charge is 0.141 e. The average Bonchev–Trinajstić information content (AvgIpc) is 2.43. The van der Waals surface area contributed by atoms with E-state index >= 15 is 0 Å². The molecule has 0 radical (unpaired) electrons. The third-order valence-corrected chi connectivity index (χ3v) is 3.86. The summed E-state index contributed by atoms with van der Waals surface area (Å²) in [6.45, 7) is 7.32. The van der Waals surface area contributed by atoms with E-state index in [2.05, 4.69) is 24.1 Å². The molecule has 1 aromatic rings.